The van der Waals surface area contributed by atoms with E-state index >= 15 is 0 Å². The van der Waals surface area contributed by atoms with Gasteiger partial charge in [-0.1, -0.05) is 4.86 Å². The van der Waals surface area contributed by atoms with Crippen LogP contribution in [-0.2, 0) is 9.53 Å². The number of nitrogens with zero attached hydrogens (tertiary/aromatic N) is 2. The van der Waals surface area contributed by atoms with Crippen molar-refractivity contribution in [2.75, 3.05) is 13.6 Å². The largest absolute Gasteiger partial charge is 0.600 e. The topological polar surface area (TPSA) is 90.8 Å². The molecule has 6 nitrogen and oxygen atoms in total. The Bertz CT molecular complexity index is 216. The molecule has 0 spiro atoms. The van der Waals surface area contributed by atoms with E-state index in [4.69, 9.17) is 10.5 Å². The molecule has 0 aromatic heterocycles. The first-order chi connectivity index (χ1) is 6.47. The Morgan fingerprint density at radius 2 is 2.21 bits per heavy atom. The van der Waals surface area contributed by atoms with E-state index < -0.39 is 12.0 Å². The van der Waals surface area contributed by atoms with Gasteiger partial charge in [-0.2, -0.15) is 0 Å². The van der Waals surface area contributed by atoms with Gasteiger partial charge in [0.25, 0.3) is 0 Å². The molecule has 1 atom stereocenters. The minimum Gasteiger partial charge on any atom is -0.600 e. The van der Waals surface area contributed by atoms with E-state index in [0.29, 0.717) is 4.86 Å². The number of hydrogen-bond acceptors (Lipinski definition) is 5. The highest BCUT2D eigenvalue weighted by molar-refractivity contribution is 5.75. The fourth-order valence-corrected chi connectivity index (χ4v) is 0.787. The van der Waals surface area contributed by atoms with Gasteiger partial charge in [0, 0.05) is 6.42 Å². The minimum absolute atomic E-state index is 0.102. The molecule has 6 heteroatoms. The molecule has 0 radical (unpaired) electrons. The van der Waals surface area contributed by atoms with Crippen LogP contribution in [0.2, 0.25) is 0 Å². The fraction of sp³-hybridized carbons (Fsp3) is 0.875. The van der Waals surface area contributed by atoms with Crippen molar-refractivity contribution in [3.05, 3.63) is 5.21 Å². The maximum absolute atomic E-state index is 11.2. The molecular formula is C8H17N3O3. The summed E-state index contributed by atoms with van der Waals surface area (Å²) in [6, 6.07) is -0.754. The molecule has 0 aliphatic heterocycles. The number of nitrogens with two attached hydrogens (primary N) is 1. The van der Waals surface area contributed by atoms with Gasteiger partial charge in [0.2, 0.25) is 0 Å². The second kappa shape index (κ2) is 6.31. The highest BCUT2D eigenvalue weighted by Crippen LogP contribution is 1.96. The highest BCUT2D eigenvalue weighted by atomic mass is 16.5. The second-order valence-electron chi connectivity index (χ2n) is 3.16. The van der Waals surface area contributed by atoms with Gasteiger partial charge in [-0.3, -0.25) is 4.79 Å². The first-order valence-corrected chi connectivity index (χ1v) is 4.47. The number of rotatable bonds is 5. The zero-order valence-corrected chi connectivity index (χ0v) is 8.77. The smallest absolute Gasteiger partial charge is 0.323 e. The van der Waals surface area contributed by atoms with Gasteiger partial charge in [-0.15, -0.1) is 0 Å². The predicted octanol–water partition coefficient (Wildman–Crippen LogP) is 0.248. The normalized spacial score (nSPS) is 14.2. The molecule has 0 aliphatic rings. The van der Waals surface area contributed by atoms with Crippen molar-refractivity contribution in [2.45, 2.75) is 32.4 Å². The van der Waals surface area contributed by atoms with Crippen molar-refractivity contribution < 1.29 is 14.4 Å². The summed E-state index contributed by atoms with van der Waals surface area (Å²) in [5.41, 5.74) is 5.49. The Labute approximate surface area is 83.3 Å². The molecule has 82 valence electrons. The van der Waals surface area contributed by atoms with E-state index in [9.17, 15) is 10.0 Å². The first-order valence-electron chi connectivity index (χ1n) is 4.47. The molecule has 14 heavy (non-hydrogen) atoms. The quantitative estimate of drug-likeness (QED) is 0.300. The highest BCUT2D eigenvalue weighted by Gasteiger charge is 2.17. The summed E-state index contributed by atoms with van der Waals surface area (Å²) in [6.07, 6.45) is 0.0552. The third kappa shape index (κ3) is 5.47. The van der Waals surface area contributed by atoms with E-state index in [0.717, 1.165) is 0 Å². The van der Waals surface area contributed by atoms with Crippen LogP contribution in [0, 0.1) is 5.21 Å². The molecule has 0 aliphatic carbocycles. The zero-order valence-electron chi connectivity index (χ0n) is 8.77. The number of carbonyl (C=O) groups excluding carboxylic acids is 1. The molecule has 0 amide bonds. The summed E-state index contributed by atoms with van der Waals surface area (Å²) in [4.78, 5) is 11.6. The Kier molecular flexibility index (Phi) is 5.78. The summed E-state index contributed by atoms with van der Waals surface area (Å²) >= 11 is 0. The fourth-order valence-electron chi connectivity index (χ4n) is 0.787. The monoisotopic (exact) mass is 203 g/mol. The number of carbonyl (C=O) groups is 1. The van der Waals surface area contributed by atoms with Crippen molar-refractivity contribution >= 4 is 5.97 Å². The van der Waals surface area contributed by atoms with Crippen molar-refractivity contribution in [1.82, 2.24) is 0 Å². The second-order valence-corrected chi connectivity index (χ2v) is 3.16. The third-order valence-corrected chi connectivity index (χ3v) is 1.51. The third-order valence-electron chi connectivity index (χ3n) is 1.51. The summed E-state index contributed by atoms with van der Waals surface area (Å²) in [7, 11) is 1.38. The van der Waals surface area contributed by atoms with Gasteiger partial charge < -0.3 is 15.7 Å². The van der Waals surface area contributed by atoms with E-state index in [1.165, 1.54) is 7.05 Å². The van der Waals surface area contributed by atoms with Crippen LogP contribution in [-0.4, -0.2) is 36.6 Å². The number of hydrogen-bond donors (Lipinski definition) is 1. The molecule has 0 aromatic carbocycles. The first kappa shape index (κ1) is 12.8. The Morgan fingerprint density at radius 3 is 2.64 bits per heavy atom. The van der Waals surface area contributed by atoms with Crippen LogP contribution in [0.15, 0.2) is 5.11 Å². The molecule has 0 fully saturated rings. The minimum atomic E-state index is -0.754. The van der Waals surface area contributed by atoms with Crippen LogP contribution in [0.1, 0.15) is 20.3 Å². The lowest BCUT2D eigenvalue weighted by atomic mass is 10.2. The summed E-state index contributed by atoms with van der Waals surface area (Å²) in [5.74, 6) is -0.482. The van der Waals surface area contributed by atoms with E-state index in [2.05, 4.69) is 5.11 Å². The number of esters is 1. The van der Waals surface area contributed by atoms with Crippen LogP contribution in [0.5, 0.6) is 0 Å². The summed E-state index contributed by atoms with van der Waals surface area (Å²) < 4.78 is 4.86. The van der Waals surface area contributed by atoms with Crippen molar-refractivity contribution in [1.29, 1.82) is 0 Å². The Balaban J connectivity index is 3.84. The van der Waals surface area contributed by atoms with Gasteiger partial charge in [-0.05, 0) is 19.0 Å². The van der Waals surface area contributed by atoms with Gasteiger partial charge in [0.05, 0.1) is 13.2 Å². The van der Waals surface area contributed by atoms with Crippen molar-refractivity contribution in [3.8, 4) is 0 Å². The van der Waals surface area contributed by atoms with E-state index in [1.54, 1.807) is 13.8 Å². The van der Waals surface area contributed by atoms with E-state index in [-0.39, 0.29) is 19.1 Å². The van der Waals surface area contributed by atoms with E-state index in [1.807, 2.05) is 0 Å². The van der Waals surface area contributed by atoms with Crippen LogP contribution >= 0.6 is 0 Å². The zero-order chi connectivity index (χ0) is 11.1. The SMILES string of the molecule is CN=[N+]([O-])CC[C@H](N)C(=O)OC(C)C. The van der Waals surface area contributed by atoms with Crippen LogP contribution in [0.3, 0.4) is 0 Å². The van der Waals surface area contributed by atoms with Gasteiger partial charge in [0.15, 0.2) is 6.54 Å². The van der Waals surface area contributed by atoms with Crippen molar-refractivity contribution in [3.63, 3.8) is 0 Å². The number of ether oxygens (including phenoxy) is 1. The molecular weight excluding hydrogens is 186 g/mol. The molecule has 0 bridgehead atoms. The average molecular weight is 203 g/mol. The molecule has 0 aromatic rings. The average Bonchev–Trinajstić information content (AvgIpc) is 2.12. The number of hydroxylamine groups is 1. The molecule has 0 heterocycles. The van der Waals surface area contributed by atoms with Crippen LogP contribution < -0.4 is 5.73 Å². The molecule has 0 rings (SSSR count). The summed E-state index contributed by atoms with van der Waals surface area (Å²) in [6.45, 7) is 3.59. The predicted molar refractivity (Wildman–Crippen MR) is 50.7 cm³/mol. The molecule has 0 unspecified atom stereocenters. The van der Waals surface area contributed by atoms with Crippen LogP contribution in [0.25, 0.3) is 0 Å². The Morgan fingerprint density at radius 1 is 1.64 bits per heavy atom. The lowest BCUT2D eigenvalue weighted by Gasteiger charge is -2.12. The van der Waals surface area contributed by atoms with Gasteiger partial charge in [-0.25, -0.2) is 0 Å². The van der Waals surface area contributed by atoms with Gasteiger partial charge >= 0.3 is 5.97 Å². The summed E-state index contributed by atoms with van der Waals surface area (Å²) in [5, 5.41) is 14.1. The lowest BCUT2D eigenvalue weighted by molar-refractivity contribution is -0.528. The molecule has 0 saturated carbocycles. The molecule has 2 N–H and O–H groups in total. The van der Waals surface area contributed by atoms with Crippen molar-refractivity contribution in [2.24, 2.45) is 10.8 Å². The lowest BCUT2D eigenvalue weighted by Crippen LogP contribution is -2.35. The maximum atomic E-state index is 11.2. The van der Waals surface area contributed by atoms with Crippen LogP contribution in [0.4, 0.5) is 0 Å². The standard InChI is InChI=1S/C8H17N3O3/c1-6(2)14-8(12)7(9)4-5-11(13)10-3/h6-7H,4-5,9H2,1-3H3/t7-/m0/s1. The van der Waals surface area contributed by atoms with Gasteiger partial charge in [0.1, 0.15) is 6.04 Å². The maximum Gasteiger partial charge on any atom is 0.323 e. The number of azo groups is 1. The molecule has 0 saturated heterocycles. The Hall–Kier alpha value is -1.17.